The summed E-state index contributed by atoms with van der Waals surface area (Å²) in [5.41, 5.74) is 5.72. The van der Waals surface area contributed by atoms with Gasteiger partial charge in [-0.25, -0.2) is 14.4 Å². The number of para-hydroxylation sites is 1. The van der Waals surface area contributed by atoms with Crippen molar-refractivity contribution in [3.8, 4) is 0 Å². The molecule has 2 aromatic rings. The molecule has 0 bridgehead atoms. The Morgan fingerprint density at radius 3 is 2.18 bits per heavy atom. The Bertz CT molecular complexity index is 1060. The van der Waals surface area contributed by atoms with Gasteiger partial charge in [0.2, 0.25) is 0 Å². The van der Waals surface area contributed by atoms with E-state index in [1.165, 1.54) is 11.3 Å². The van der Waals surface area contributed by atoms with Crippen LogP contribution in [0.15, 0.2) is 54.6 Å². The van der Waals surface area contributed by atoms with Crippen LogP contribution in [0.5, 0.6) is 0 Å². The van der Waals surface area contributed by atoms with E-state index < -0.39 is 11.9 Å². The van der Waals surface area contributed by atoms with Gasteiger partial charge in [0.1, 0.15) is 0 Å². The lowest BCUT2D eigenvalue weighted by molar-refractivity contribution is -0.134. The molecule has 2 heterocycles. The van der Waals surface area contributed by atoms with Gasteiger partial charge in [-0.2, -0.15) is 0 Å². The van der Waals surface area contributed by atoms with E-state index in [1.807, 2.05) is 4.90 Å². The van der Waals surface area contributed by atoms with Gasteiger partial charge >= 0.3 is 18.0 Å². The Labute approximate surface area is 198 Å². The van der Waals surface area contributed by atoms with Crippen LogP contribution in [0.25, 0.3) is 0 Å². The summed E-state index contributed by atoms with van der Waals surface area (Å²) in [5, 5.41) is 18.8. The van der Waals surface area contributed by atoms with Gasteiger partial charge in [-0.1, -0.05) is 24.3 Å². The van der Waals surface area contributed by atoms with Gasteiger partial charge in [0.05, 0.1) is 11.4 Å². The highest BCUT2D eigenvalue weighted by molar-refractivity contribution is 5.95. The smallest absolute Gasteiger partial charge is 0.328 e. The summed E-state index contributed by atoms with van der Waals surface area (Å²) in [6.07, 6.45) is 2.15. The Morgan fingerprint density at radius 1 is 0.882 bits per heavy atom. The van der Waals surface area contributed by atoms with Crippen LogP contribution in [0.2, 0.25) is 0 Å². The number of carboxylic acid groups (broad SMARTS) is 2. The van der Waals surface area contributed by atoms with Gasteiger partial charge in [0, 0.05) is 50.6 Å². The van der Waals surface area contributed by atoms with Gasteiger partial charge in [0.15, 0.2) is 0 Å². The summed E-state index contributed by atoms with van der Waals surface area (Å²) in [4.78, 5) is 38.4. The summed E-state index contributed by atoms with van der Waals surface area (Å²) in [5.74, 6) is -2.51. The molecular weight excluding hydrogens is 436 g/mol. The fourth-order valence-electron chi connectivity index (χ4n) is 3.92. The number of rotatable bonds is 4. The second kappa shape index (κ2) is 11.3. The third-order valence-corrected chi connectivity index (χ3v) is 5.73. The number of piperazine rings is 1. The quantitative estimate of drug-likeness (QED) is 0.593. The van der Waals surface area contributed by atoms with Crippen molar-refractivity contribution in [2.24, 2.45) is 0 Å². The molecule has 1 fully saturated rings. The highest BCUT2D eigenvalue weighted by Gasteiger charge is 2.24. The Balaban J connectivity index is 0.000000350. The number of aryl methyl sites for hydroxylation is 1. The number of benzene rings is 2. The fourth-order valence-corrected chi connectivity index (χ4v) is 3.92. The average Bonchev–Trinajstić information content (AvgIpc) is 3.23. The van der Waals surface area contributed by atoms with E-state index in [4.69, 9.17) is 10.2 Å². The molecule has 1 saturated heterocycles. The molecule has 34 heavy (non-hydrogen) atoms. The number of amides is 2. The van der Waals surface area contributed by atoms with Crippen LogP contribution in [0.3, 0.4) is 0 Å². The molecule has 0 aromatic heterocycles. The van der Waals surface area contributed by atoms with Crippen LogP contribution >= 0.6 is 0 Å². The number of carbonyl (C=O) groups excluding carboxylic acids is 1. The Morgan fingerprint density at radius 2 is 1.53 bits per heavy atom. The van der Waals surface area contributed by atoms with Crippen molar-refractivity contribution in [1.82, 2.24) is 9.80 Å². The lowest BCUT2D eigenvalue weighted by Crippen LogP contribution is -2.48. The van der Waals surface area contributed by atoms with Crippen LogP contribution in [-0.4, -0.2) is 77.8 Å². The van der Waals surface area contributed by atoms with Crippen LogP contribution in [0.1, 0.15) is 11.1 Å². The largest absolute Gasteiger partial charge is 0.478 e. The summed E-state index contributed by atoms with van der Waals surface area (Å²) >= 11 is 0. The minimum Gasteiger partial charge on any atom is -0.478 e. The number of urea groups is 1. The van der Waals surface area contributed by atoms with E-state index >= 15 is 0 Å². The molecule has 2 amide bonds. The average molecular weight is 467 g/mol. The summed E-state index contributed by atoms with van der Waals surface area (Å²) < 4.78 is 0. The Kier molecular flexibility index (Phi) is 8.26. The van der Waals surface area contributed by atoms with Gasteiger partial charge in [-0.15, -0.1) is 0 Å². The monoisotopic (exact) mass is 466 g/mol. The molecule has 9 nitrogen and oxygen atoms in total. The van der Waals surface area contributed by atoms with Crippen molar-refractivity contribution in [3.05, 3.63) is 65.7 Å². The molecular formula is C25H30N4O5. The maximum atomic E-state index is 12.8. The highest BCUT2D eigenvalue weighted by atomic mass is 16.4. The van der Waals surface area contributed by atoms with E-state index in [1.54, 1.807) is 0 Å². The molecule has 0 unspecified atom stereocenters. The number of fused-ring (bicyclic) bond motifs is 1. The van der Waals surface area contributed by atoms with E-state index in [-0.39, 0.29) is 6.03 Å². The van der Waals surface area contributed by atoms with Crippen LogP contribution in [-0.2, 0) is 16.0 Å². The number of aliphatic carboxylic acids is 2. The molecule has 2 aliphatic rings. The number of anilines is 3. The molecule has 0 spiro atoms. The van der Waals surface area contributed by atoms with Crippen molar-refractivity contribution >= 4 is 35.0 Å². The first-order chi connectivity index (χ1) is 16.2. The zero-order chi connectivity index (χ0) is 24.7. The molecule has 0 atom stereocenters. The number of hydrogen-bond acceptors (Lipinski definition) is 5. The predicted molar refractivity (Wildman–Crippen MR) is 131 cm³/mol. The molecule has 0 radical (unpaired) electrons. The molecule has 4 rings (SSSR count). The fraction of sp³-hybridized carbons (Fsp3) is 0.320. The predicted octanol–water partition coefficient (Wildman–Crippen LogP) is 3.18. The van der Waals surface area contributed by atoms with Crippen molar-refractivity contribution in [2.75, 3.05) is 50.0 Å². The maximum absolute atomic E-state index is 12.8. The number of carboxylic acids is 2. The lowest BCUT2D eigenvalue weighted by Gasteiger charge is -2.33. The molecule has 0 saturated carbocycles. The van der Waals surface area contributed by atoms with Gasteiger partial charge in [-0.05, 0) is 49.7 Å². The summed E-state index contributed by atoms with van der Waals surface area (Å²) in [6, 6.07) is 14.8. The normalized spacial score (nSPS) is 15.5. The number of nitrogens with one attached hydrogen (secondary N) is 1. The molecule has 2 aliphatic heterocycles. The number of likely N-dealkylation sites (N-methyl/N-ethyl adjacent to an activating group) is 1. The first-order valence-electron chi connectivity index (χ1n) is 11.1. The van der Waals surface area contributed by atoms with Gasteiger partial charge < -0.3 is 30.2 Å². The topological polar surface area (TPSA) is 113 Å². The van der Waals surface area contributed by atoms with Crippen molar-refractivity contribution < 1.29 is 24.6 Å². The summed E-state index contributed by atoms with van der Waals surface area (Å²) in [6.45, 7) is 6.40. The summed E-state index contributed by atoms with van der Waals surface area (Å²) in [7, 11) is 2.10. The zero-order valence-corrected chi connectivity index (χ0v) is 19.4. The van der Waals surface area contributed by atoms with E-state index in [0.717, 1.165) is 56.1 Å². The maximum Gasteiger partial charge on any atom is 0.328 e. The van der Waals surface area contributed by atoms with E-state index in [9.17, 15) is 14.4 Å². The SMILES string of the molecule is Cc1ccc(N2CCc3ccccc32)c(NC(=O)N2CCN(C)CC2)c1.O=C(O)/C=C\C(=O)O. The van der Waals surface area contributed by atoms with Crippen LogP contribution in [0, 0.1) is 6.92 Å². The minimum atomic E-state index is -1.26. The second-order valence-electron chi connectivity index (χ2n) is 8.28. The number of nitrogens with zero attached hydrogens (tertiary/aromatic N) is 3. The molecule has 180 valence electrons. The molecule has 3 N–H and O–H groups in total. The molecule has 0 aliphatic carbocycles. The zero-order valence-electron chi connectivity index (χ0n) is 19.4. The standard InChI is InChI=1S/C21H26N4O.C4H4O4/c1-16-7-8-20(25-10-9-17-5-3-4-6-19(17)25)18(15-16)22-21(26)24-13-11-23(2)12-14-24;5-3(6)1-2-4(7)8/h3-8,15H,9-14H2,1-2H3,(H,22,26);1-2H,(H,5,6)(H,7,8)/b;2-1-. The van der Waals surface area contributed by atoms with Gasteiger partial charge in [-0.3, -0.25) is 0 Å². The first kappa shape index (κ1) is 24.8. The minimum absolute atomic E-state index is 0.00238. The molecule has 2 aromatic carbocycles. The van der Waals surface area contributed by atoms with Crippen molar-refractivity contribution in [2.45, 2.75) is 13.3 Å². The van der Waals surface area contributed by atoms with Gasteiger partial charge in [0.25, 0.3) is 0 Å². The van der Waals surface area contributed by atoms with Crippen LogP contribution < -0.4 is 10.2 Å². The number of carbonyl (C=O) groups is 3. The van der Waals surface area contributed by atoms with E-state index in [2.05, 4.69) is 71.6 Å². The first-order valence-corrected chi connectivity index (χ1v) is 11.1. The Hall–Kier alpha value is -3.85. The highest BCUT2D eigenvalue weighted by Crippen LogP contribution is 2.38. The lowest BCUT2D eigenvalue weighted by atomic mass is 10.1. The second-order valence-corrected chi connectivity index (χ2v) is 8.28. The third-order valence-electron chi connectivity index (χ3n) is 5.73. The van der Waals surface area contributed by atoms with E-state index in [0.29, 0.717) is 12.2 Å². The third kappa shape index (κ3) is 6.58. The molecule has 9 heteroatoms. The van der Waals surface area contributed by atoms with Crippen LogP contribution in [0.4, 0.5) is 21.9 Å². The van der Waals surface area contributed by atoms with Crippen molar-refractivity contribution in [3.63, 3.8) is 0 Å². The van der Waals surface area contributed by atoms with Crippen molar-refractivity contribution in [1.29, 1.82) is 0 Å². The number of hydrogen-bond donors (Lipinski definition) is 3.